The number of hydrogen-bond donors (Lipinski definition) is 1. The molecule has 0 radical (unpaired) electrons. The molecule has 0 aromatic heterocycles. The van der Waals surface area contributed by atoms with Crippen molar-refractivity contribution in [3.63, 3.8) is 0 Å². The van der Waals surface area contributed by atoms with Crippen molar-refractivity contribution in [2.45, 2.75) is 38.0 Å². The smallest absolute Gasteiger partial charge is 0.262 e. The largest absolute Gasteiger partial charge is 0.312 e. The van der Waals surface area contributed by atoms with Crippen molar-refractivity contribution in [3.05, 3.63) is 53.3 Å². The maximum Gasteiger partial charge on any atom is 0.262 e. The Kier molecular flexibility index (Phi) is 5.00. The molecule has 0 atom stereocenters. The monoisotopic (exact) mass is 376 g/mol. The first kappa shape index (κ1) is 18.4. The number of hydrogen-bond acceptors (Lipinski definition) is 3. The quantitative estimate of drug-likeness (QED) is 0.883. The normalized spacial score (nSPS) is 15.2. The number of halogens is 1. The van der Waals surface area contributed by atoms with Gasteiger partial charge in [0.05, 0.1) is 4.90 Å². The summed E-state index contributed by atoms with van der Waals surface area (Å²) in [6, 6.07) is 8.66. The van der Waals surface area contributed by atoms with Gasteiger partial charge in [-0.25, -0.2) is 12.8 Å². The Morgan fingerprint density at radius 1 is 1.04 bits per heavy atom. The van der Waals surface area contributed by atoms with Crippen molar-refractivity contribution in [2.75, 3.05) is 16.2 Å². The van der Waals surface area contributed by atoms with Gasteiger partial charge < -0.3 is 4.90 Å². The van der Waals surface area contributed by atoms with Crippen LogP contribution in [0.5, 0.6) is 0 Å². The number of sulfonamides is 1. The molecule has 1 aliphatic heterocycles. The van der Waals surface area contributed by atoms with Crippen molar-refractivity contribution in [1.29, 1.82) is 0 Å². The van der Waals surface area contributed by atoms with E-state index in [2.05, 4.69) is 4.72 Å². The summed E-state index contributed by atoms with van der Waals surface area (Å²) in [5.41, 5.74) is 2.36. The van der Waals surface area contributed by atoms with Gasteiger partial charge in [-0.15, -0.1) is 0 Å². The molecule has 0 spiro atoms. The SMILES string of the molecule is Cc1cc(NS(=O)(=O)c2ccc(F)cc2C)ccc1N1CCCCC1=O. The highest BCUT2D eigenvalue weighted by molar-refractivity contribution is 7.92. The number of piperidine rings is 1. The molecule has 1 saturated heterocycles. The van der Waals surface area contributed by atoms with Gasteiger partial charge in [0.2, 0.25) is 5.91 Å². The highest BCUT2D eigenvalue weighted by Gasteiger charge is 2.22. The predicted molar refractivity (Wildman–Crippen MR) is 99.3 cm³/mol. The molecule has 1 heterocycles. The van der Waals surface area contributed by atoms with Gasteiger partial charge in [-0.3, -0.25) is 9.52 Å². The zero-order chi connectivity index (χ0) is 18.9. The number of aryl methyl sites for hydroxylation is 2. The van der Waals surface area contributed by atoms with Crippen LogP contribution in [0.25, 0.3) is 0 Å². The lowest BCUT2D eigenvalue weighted by Crippen LogP contribution is -2.35. The summed E-state index contributed by atoms with van der Waals surface area (Å²) in [5, 5.41) is 0. The molecule has 0 bridgehead atoms. The molecule has 1 aliphatic rings. The minimum atomic E-state index is -3.82. The summed E-state index contributed by atoms with van der Waals surface area (Å²) in [7, 11) is -3.82. The Morgan fingerprint density at radius 3 is 2.46 bits per heavy atom. The molecule has 1 fully saturated rings. The molecule has 5 nitrogen and oxygen atoms in total. The van der Waals surface area contributed by atoms with Gasteiger partial charge in [0.15, 0.2) is 0 Å². The average molecular weight is 376 g/mol. The van der Waals surface area contributed by atoms with Gasteiger partial charge in [-0.2, -0.15) is 0 Å². The minimum absolute atomic E-state index is 0.0341. The lowest BCUT2D eigenvalue weighted by atomic mass is 10.1. The lowest BCUT2D eigenvalue weighted by molar-refractivity contribution is -0.119. The summed E-state index contributed by atoms with van der Waals surface area (Å²) in [6.07, 6.45) is 2.41. The maximum atomic E-state index is 13.2. The molecule has 1 N–H and O–H groups in total. The van der Waals surface area contributed by atoms with Crippen LogP contribution in [0.1, 0.15) is 30.4 Å². The molecule has 26 heavy (non-hydrogen) atoms. The van der Waals surface area contributed by atoms with Crippen LogP contribution < -0.4 is 9.62 Å². The van der Waals surface area contributed by atoms with Gasteiger partial charge in [-0.05, 0) is 74.2 Å². The maximum absolute atomic E-state index is 13.2. The van der Waals surface area contributed by atoms with Crippen LogP contribution in [0.2, 0.25) is 0 Å². The Balaban J connectivity index is 1.86. The number of nitrogens with zero attached hydrogens (tertiary/aromatic N) is 1. The van der Waals surface area contributed by atoms with E-state index < -0.39 is 15.8 Å². The van der Waals surface area contributed by atoms with Crippen molar-refractivity contribution < 1.29 is 17.6 Å². The van der Waals surface area contributed by atoms with E-state index in [0.29, 0.717) is 24.2 Å². The first-order valence-corrected chi connectivity index (χ1v) is 9.96. The number of nitrogens with one attached hydrogen (secondary N) is 1. The molecule has 1 amide bonds. The van der Waals surface area contributed by atoms with Crippen LogP contribution in [0.4, 0.5) is 15.8 Å². The summed E-state index contributed by atoms with van der Waals surface area (Å²) >= 11 is 0. The second kappa shape index (κ2) is 7.07. The zero-order valence-electron chi connectivity index (χ0n) is 14.8. The number of carbonyl (C=O) groups excluding carboxylic acids is 1. The number of anilines is 2. The highest BCUT2D eigenvalue weighted by atomic mass is 32.2. The summed E-state index contributed by atoms with van der Waals surface area (Å²) in [6.45, 7) is 4.08. The third kappa shape index (κ3) is 3.72. The second-order valence-corrected chi connectivity index (χ2v) is 8.17. The summed E-state index contributed by atoms with van der Waals surface area (Å²) in [5.74, 6) is -0.387. The van der Waals surface area contributed by atoms with Crippen LogP contribution in [0.3, 0.4) is 0 Å². The molecule has 7 heteroatoms. The molecular weight excluding hydrogens is 355 g/mol. The van der Waals surface area contributed by atoms with Crippen molar-refractivity contribution in [3.8, 4) is 0 Å². The van der Waals surface area contributed by atoms with Gasteiger partial charge in [0, 0.05) is 24.3 Å². The molecule has 0 unspecified atom stereocenters. The Labute approximate surface area is 152 Å². The van der Waals surface area contributed by atoms with E-state index >= 15 is 0 Å². The van der Waals surface area contributed by atoms with Crippen molar-refractivity contribution in [1.82, 2.24) is 0 Å². The molecule has 0 saturated carbocycles. The Bertz CT molecular complexity index is 957. The fraction of sp³-hybridized carbons (Fsp3) is 0.316. The topological polar surface area (TPSA) is 66.5 Å². The second-order valence-electron chi connectivity index (χ2n) is 6.52. The van der Waals surface area contributed by atoms with E-state index in [1.807, 2.05) is 6.92 Å². The molecule has 138 valence electrons. The molecule has 2 aromatic carbocycles. The minimum Gasteiger partial charge on any atom is -0.312 e. The fourth-order valence-electron chi connectivity index (χ4n) is 3.21. The third-order valence-electron chi connectivity index (χ3n) is 4.49. The van der Waals surface area contributed by atoms with Crippen LogP contribution in [-0.2, 0) is 14.8 Å². The summed E-state index contributed by atoms with van der Waals surface area (Å²) in [4.78, 5) is 13.9. The number of amides is 1. The molecule has 3 rings (SSSR count). The molecule has 0 aliphatic carbocycles. The van der Waals surface area contributed by atoms with Crippen molar-refractivity contribution >= 4 is 27.3 Å². The van der Waals surface area contributed by atoms with E-state index in [0.717, 1.165) is 30.2 Å². The average Bonchev–Trinajstić information content (AvgIpc) is 2.55. The van der Waals surface area contributed by atoms with Crippen LogP contribution in [0, 0.1) is 19.7 Å². The first-order valence-electron chi connectivity index (χ1n) is 8.48. The third-order valence-corrected chi connectivity index (χ3v) is 6.03. The van der Waals surface area contributed by atoms with Gasteiger partial charge in [0.25, 0.3) is 10.0 Å². The first-order chi connectivity index (χ1) is 12.3. The molecule has 2 aromatic rings. The van der Waals surface area contributed by atoms with E-state index in [1.54, 1.807) is 30.0 Å². The van der Waals surface area contributed by atoms with Crippen LogP contribution >= 0.6 is 0 Å². The van der Waals surface area contributed by atoms with E-state index in [-0.39, 0.29) is 10.8 Å². The highest BCUT2D eigenvalue weighted by Crippen LogP contribution is 2.28. The number of carbonyl (C=O) groups is 1. The number of rotatable bonds is 4. The standard InChI is InChI=1S/C19H21FN2O3S/c1-13-12-16(7-8-17(13)22-10-4-3-5-19(22)23)21-26(24,25)18-9-6-15(20)11-14(18)2/h6-9,11-12,21H,3-5,10H2,1-2H3. The van der Waals surface area contributed by atoms with Crippen molar-refractivity contribution in [2.24, 2.45) is 0 Å². The van der Waals surface area contributed by atoms with E-state index in [9.17, 15) is 17.6 Å². The Morgan fingerprint density at radius 2 is 1.81 bits per heavy atom. The fourth-order valence-corrected chi connectivity index (χ4v) is 4.48. The van der Waals surface area contributed by atoms with E-state index in [4.69, 9.17) is 0 Å². The lowest BCUT2D eigenvalue weighted by Gasteiger charge is -2.28. The van der Waals surface area contributed by atoms with E-state index in [1.165, 1.54) is 12.1 Å². The van der Waals surface area contributed by atoms with Gasteiger partial charge in [-0.1, -0.05) is 0 Å². The zero-order valence-corrected chi connectivity index (χ0v) is 15.6. The van der Waals surface area contributed by atoms with Gasteiger partial charge in [0.1, 0.15) is 5.82 Å². The van der Waals surface area contributed by atoms with Crippen LogP contribution in [0.15, 0.2) is 41.3 Å². The predicted octanol–water partition coefficient (Wildman–Crippen LogP) is 3.76. The van der Waals surface area contributed by atoms with Crippen LogP contribution in [-0.4, -0.2) is 20.9 Å². The van der Waals surface area contributed by atoms with Gasteiger partial charge >= 0.3 is 0 Å². The molecular formula is C19H21FN2O3S. The number of benzene rings is 2. The summed E-state index contributed by atoms with van der Waals surface area (Å²) < 4.78 is 40.9. The Hall–Kier alpha value is -2.41.